The zero-order chi connectivity index (χ0) is 13.2. The highest BCUT2D eigenvalue weighted by molar-refractivity contribution is 6.30. The molecule has 0 fully saturated rings. The molecule has 2 aromatic carbocycles. The minimum atomic E-state index is 0.469. The summed E-state index contributed by atoms with van der Waals surface area (Å²) < 4.78 is 11.2. The van der Waals surface area contributed by atoms with E-state index in [1.165, 1.54) is 5.56 Å². The number of hydrogen-bond donors (Lipinski definition) is 0. The van der Waals surface area contributed by atoms with Gasteiger partial charge in [-0.25, -0.2) is 0 Å². The van der Waals surface area contributed by atoms with E-state index in [9.17, 15) is 0 Å². The molecule has 0 saturated carbocycles. The van der Waals surface area contributed by atoms with Gasteiger partial charge in [0.1, 0.15) is 17.9 Å². The van der Waals surface area contributed by atoms with Crippen LogP contribution < -0.4 is 4.74 Å². The molecule has 0 spiro atoms. The number of hydrogen-bond acceptors (Lipinski definition) is 2. The smallest absolute Gasteiger partial charge is 0.134 e. The predicted octanol–water partition coefficient (Wildman–Crippen LogP) is 4.97. The monoisotopic (exact) mass is 272 g/mol. The fourth-order valence-corrected chi connectivity index (χ4v) is 2.21. The van der Waals surface area contributed by atoms with Gasteiger partial charge in [0.05, 0.1) is 6.26 Å². The van der Waals surface area contributed by atoms with Crippen LogP contribution in [0.25, 0.3) is 11.0 Å². The summed E-state index contributed by atoms with van der Waals surface area (Å²) >= 11 is 5.92. The van der Waals surface area contributed by atoms with Gasteiger partial charge in [-0.3, -0.25) is 0 Å². The molecule has 0 N–H and O–H groups in total. The second-order valence-electron chi connectivity index (χ2n) is 4.51. The Labute approximate surface area is 116 Å². The van der Waals surface area contributed by atoms with Gasteiger partial charge < -0.3 is 9.15 Å². The SMILES string of the molecule is Cc1ccc2occ(COc3cccc(Cl)c3)c2c1. The molecule has 0 atom stereocenters. The van der Waals surface area contributed by atoms with Gasteiger partial charge in [0.15, 0.2) is 0 Å². The lowest BCUT2D eigenvalue weighted by Gasteiger charge is -2.05. The first-order valence-electron chi connectivity index (χ1n) is 6.07. The Bertz CT molecular complexity index is 716. The molecule has 0 saturated heterocycles. The van der Waals surface area contributed by atoms with E-state index in [-0.39, 0.29) is 0 Å². The number of ether oxygens (including phenoxy) is 1. The topological polar surface area (TPSA) is 22.4 Å². The molecule has 3 aromatic rings. The standard InChI is InChI=1S/C16H13ClO2/c1-11-5-6-16-15(7-11)12(10-19-16)9-18-14-4-2-3-13(17)8-14/h2-8,10H,9H2,1H3. The van der Waals surface area contributed by atoms with Crippen molar-refractivity contribution in [2.45, 2.75) is 13.5 Å². The Morgan fingerprint density at radius 2 is 2.05 bits per heavy atom. The third-order valence-corrected chi connectivity index (χ3v) is 3.23. The van der Waals surface area contributed by atoms with Crippen molar-refractivity contribution in [3.05, 3.63) is 64.9 Å². The Hall–Kier alpha value is -1.93. The lowest BCUT2D eigenvalue weighted by atomic mass is 10.1. The van der Waals surface area contributed by atoms with Crippen LogP contribution in [0, 0.1) is 6.92 Å². The summed E-state index contributed by atoms with van der Waals surface area (Å²) in [6, 6.07) is 13.5. The molecule has 1 heterocycles. The molecule has 0 radical (unpaired) electrons. The number of benzene rings is 2. The largest absolute Gasteiger partial charge is 0.489 e. The van der Waals surface area contributed by atoms with Gasteiger partial charge in [0.2, 0.25) is 0 Å². The molecule has 19 heavy (non-hydrogen) atoms. The minimum absolute atomic E-state index is 0.469. The maximum Gasteiger partial charge on any atom is 0.134 e. The highest BCUT2D eigenvalue weighted by Crippen LogP contribution is 2.24. The maximum atomic E-state index is 5.92. The summed E-state index contributed by atoms with van der Waals surface area (Å²) in [6.45, 7) is 2.53. The summed E-state index contributed by atoms with van der Waals surface area (Å²) in [5.41, 5.74) is 3.13. The first-order chi connectivity index (χ1) is 9.22. The van der Waals surface area contributed by atoms with E-state index < -0.39 is 0 Å². The van der Waals surface area contributed by atoms with Crippen LogP contribution in [0.5, 0.6) is 5.75 Å². The zero-order valence-corrected chi connectivity index (χ0v) is 11.3. The number of furan rings is 1. The van der Waals surface area contributed by atoms with E-state index in [4.69, 9.17) is 20.8 Å². The van der Waals surface area contributed by atoms with Gasteiger partial charge in [-0.1, -0.05) is 29.3 Å². The molecule has 3 rings (SSSR count). The highest BCUT2D eigenvalue weighted by atomic mass is 35.5. The molecule has 96 valence electrons. The van der Waals surface area contributed by atoms with Crippen LogP contribution >= 0.6 is 11.6 Å². The lowest BCUT2D eigenvalue weighted by molar-refractivity contribution is 0.306. The average Bonchev–Trinajstić information content (AvgIpc) is 2.79. The summed E-state index contributed by atoms with van der Waals surface area (Å²) in [7, 11) is 0. The molecule has 0 unspecified atom stereocenters. The van der Waals surface area contributed by atoms with Gasteiger partial charge >= 0.3 is 0 Å². The van der Waals surface area contributed by atoms with Crippen molar-refractivity contribution in [2.24, 2.45) is 0 Å². The van der Waals surface area contributed by atoms with Crippen LogP contribution in [-0.4, -0.2) is 0 Å². The fraction of sp³-hybridized carbons (Fsp3) is 0.125. The van der Waals surface area contributed by atoms with Gasteiger partial charge in [0.25, 0.3) is 0 Å². The summed E-state index contributed by atoms with van der Waals surface area (Å²) in [5.74, 6) is 0.759. The van der Waals surface area contributed by atoms with Crippen molar-refractivity contribution < 1.29 is 9.15 Å². The van der Waals surface area contributed by atoms with Crippen LogP contribution in [0.3, 0.4) is 0 Å². The summed E-state index contributed by atoms with van der Waals surface area (Å²) in [6.07, 6.45) is 1.74. The third kappa shape index (κ3) is 2.59. The van der Waals surface area contributed by atoms with E-state index in [1.807, 2.05) is 30.3 Å². The molecule has 0 aliphatic rings. The van der Waals surface area contributed by atoms with Crippen molar-refractivity contribution >= 4 is 22.6 Å². The molecule has 0 aliphatic carbocycles. The number of fused-ring (bicyclic) bond motifs is 1. The zero-order valence-electron chi connectivity index (χ0n) is 10.5. The molecule has 0 aliphatic heterocycles. The van der Waals surface area contributed by atoms with Crippen molar-refractivity contribution in [1.29, 1.82) is 0 Å². The molecular weight excluding hydrogens is 260 g/mol. The molecule has 0 bridgehead atoms. The molecule has 1 aromatic heterocycles. The van der Waals surface area contributed by atoms with Crippen LogP contribution in [0.1, 0.15) is 11.1 Å². The van der Waals surface area contributed by atoms with E-state index in [2.05, 4.69) is 13.0 Å². The number of rotatable bonds is 3. The Morgan fingerprint density at radius 1 is 1.16 bits per heavy atom. The van der Waals surface area contributed by atoms with Gasteiger partial charge in [-0.2, -0.15) is 0 Å². The number of aryl methyl sites for hydroxylation is 1. The van der Waals surface area contributed by atoms with Crippen LogP contribution in [-0.2, 0) is 6.61 Å². The molecular formula is C16H13ClO2. The first-order valence-corrected chi connectivity index (χ1v) is 6.45. The van der Waals surface area contributed by atoms with Crippen LogP contribution in [0.4, 0.5) is 0 Å². The summed E-state index contributed by atoms with van der Waals surface area (Å²) in [5, 5.41) is 1.77. The van der Waals surface area contributed by atoms with Gasteiger partial charge in [-0.15, -0.1) is 0 Å². The minimum Gasteiger partial charge on any atom is -0.489 e. The van der Waals surface area contributed by atoms with Crippen molar-refractivity contribution in [2.75, 3.05) is 0 Å². The van der Waals surface area contributed by atoms with E-state index in [1.54, 1.807) is 12.3 Å². The van der Waals surface area contributed by atoms with Crippen molar-refractivity contribution in [3.8, 4) is 5.75 Å². The lowest BCUT2D eigenvalue weighted by Crippen LogP contribution is -1.94. The fourth-order valence-electron chi connectivity index (χ4n) is 2.03. The first kappa shape index (κ1) is 12.1. The molecule has 2 nitrogen and oxygen atoms in total. The van der Waals surface area contributed by atoms with Crippen LogP contribution in [0.15, 0.2) is 53.1 Å². The Balaban J connectivity index is 1.84. The van der Waals surface area contributed by atoms with Crippen molar-refractivity contribution in [3.63, 3.8) is 0 Å². The second-order valence-corrected chi connectivity index (χ2v) is 4.94. The van der Waals surface area contributed by atoms with E-state index >= 15 is 0 Å². The quantitative estimate of drug-likeness (QED) is 0.671. The van der Waals surface area contributed by atoms with Crippen molar-refractivity contribution in [1.82, 2.24) is 0 Å². The average molecular weight is 273 g/mol. The Kier molecular flexibility index (Phi) is 3.18. The third-order valence-electron chi connectivity index (χ3n) is 3.00. The van der Waals surface area contributed by atoms with Crippen LogP contribution in [0.2, 0.25) is 5.02 Å². The second kappa shape index (κ2) is 4.98. The van der Waals surface area contributed by atoms with E-state index in [0.717, 1.165) is 22.3 Å². The highest BCUT2D eigenvalue weighted by Gasteiger charge is 2.06. The maximum absolute atomic E-state index is 5.92. The predicted molar refractivity (Wildman–Crippen MR) is 76.7 cm³/mol. The molecule has 3 heteroatoms. The Morgan fingerprint density at radius 3 is 2.89 bits per heavy atom. The molecule has 0 amide bonds. The number of halogens is 1. The summed E-state index contributed by atoms with van der Waals surface area (Å²) in [4.78, 5) is 0. The van der Waals surface area contributed by atoms with Gasteiger partial charge in [0, 0.05) is 16.0 Å². The van der Waals surface area contributed by atoms with E-state index in [0.29, 0.717) is 11.6 Å². The normalized spacial score (nSPS) is 10.8. The van der Waals surface area contributed by atoms with Gasteiger partial charge in [-0.05, 0) is 37.3 Å².